The van der Waals surface area contributed by atoms with Crippen molar-refractivity contribution < 1.29 is 19.4 Å². The van der Waals surface area contributed by atoms with Crippen molar-refractivity contribution in [3.8, 4) is 0 Å². The van der Waals surface area contributed by atoms with Gasteiger partial charge in [0.1, 0.15) is 0 Å². The number of aryl methyl sites for hydroxylation is 8. The van der Waals surface area contributed by atoms with Crippen molar-refractivity contribution >= 4 is 0 Å². The van der Waals surface area contributed by atoms with Crippen LogP contribution in [-0.2, 0) is 45.5 Å². The van der Waals surface area contributed by atoms with Gasteiger partial charge in [-0.05, 0) is 103 Å². The van der Waals surface area contributed by atoms with Gasteiger partial charge in [-0.15, -0.1) is 0 Å². The van der Waals surface area contributed by atoms with Crippen molar-refractivity contribution in [2.45, 2.75) is 107 Å². The first-order chi connectivity index (χ1) is 26.9. The van der Waals surface area contributed by atoms with Crippen LogP contribution in [0.2, 0.25) is 0 Å². The van der Waals surface area contributed by atoms with Gasteiger partial charge in [0.2, 0.25) is 0 Å². The van der Waals surface area contributed by atoms with E-state index in [1.807, 2.05) is 0 Å². The lowest BCUT2D eigenvalue weighted by Crippen LogP contribution is -2.33. The lowest BCUT2D eigenvalue weighted by atomic mass is 10.1. The number of hydroxylamine groups is 8. The van der Waals surface area contributed by atoms with Gasteiger partial charge in [-0.2, -0.15) is 20.3 Å². The number of rotatable bonds is 8. The highest BCUT2D eigenvalue weighted by molar-refractivity contribution is 5.31. The average molecular weight is 765 g/mol. The van der Waals surface area contributed by atoms with Crippen LogP contribution in [0.4, 0.5) is 0 Å². The molecule has 4 aromatic carbocycles. The van der Waals surface area contributed by atoms with Gasteiger partial charge < -0.3 is 0 Å². The monoisotopic (exact) mass is 765 g/mol. The summed E-state index contributed by atoms with van der Waals surface area (Å²) >= 11 is 0. The summed E-state index contributed by atoms with van der Waals surface area (Å²) < 4.78 is 0. The molecule has 0 unspecified atom stereocenters. The number of hydrogen-bond acceptors (Lipinski definition) is 8. The Morgan fingerprint density at radius 2 is 0.500 bits per heavy atom. The van der Waals surface area contributed by atoms with Gasteiger partial charge in [-0.1, -0.05) is 117 Å². The third-order valence-electron chi connectivity index (χ3n) is 9.86. The van der Waals surface area contributed by atoms with Crippen LogP contribution < -0.4 is 0 Å². The SMILES string of the molecule is Cc1cc(C)cc(CN2CCCN(Cc3cc(C)cc(C)c3)OCCCON(Cc3cc(C)cc(C)c3)CCCN(Cc3cc(C)cc(C)c3)OCCCO2)c1. The van der Waals surface area contributed by atoms with Gasteiger partial charge in [0.15, 0.2) is 0 Å². The first kappa shape index (κ1) is 43.7. The maximum absolute atomic E-state index is 6.52. The summed E-state index contributed by atoms with van der Waals surface area (Å²) in [6, 6.07) is 27.0. The zero-order valence-electron chi connectivity index (χ0n) is 35.7. The Bertz CT molecular complexity index is 1470. The van der Waals surface area contributed by atoms with E-state index in [2.05, 4.69) is 148 Å². The normalized spacial score (nSPS) is 17.6. The summed E-state index contributed by atoms with van der Waals surface area (Å²) in [6.07, 6.45) is 3.37. The van der Waals surface area contributed by atoms with Gasteiger partial charge in [-0.3, -0.25) is 19.4 Å². The Labute approximate surface area is 338 Å². The van der Waals surface area contributed by atoms with E-state index in [1.165, 1.54) is 66.8 Å². The fourth-order valence-corrected chi connectivity index (χ4v) is 7.95. The minimum Gasteiger partial charge on any atom is -0.299 e. The van der Waals surface area contributed by atoms with Crippen LogP contribution in [0.15, 0.2) is 72.8 Å². The van der Waals surface area contributed by atoms with E-state index in [0.29, 0.717) is 26.4 Å². The Morgan fingerprint density at radius 3 is 0.696 bits per heavy atom. The van der Waals surface area contributed by atoms with Gasteiger partial charge in [0, 0.05) is 52.4 Å². The molecule has 1 fully saturated rings. The summed E-state index contributed by atoms with van der Waals surface area (Å²) in [5.74, 6) is 0. The van der Waals surface area contributed by atoms with Crippen LogP contribution in [-0.4, -0.2) is 72.9 Å². The molecule has 1 heterocycles. The summed E-state index contributed by atoms with van der Waals surface area (Å²) in [4.78, 5) is 26.1. The predicted octanol–water partition coefficient (Wildman–Crippen LogP) is 9.76. The topological polar surface area (TPSA) is 49.9 Å². The molecule has 0 atom stereocenters. The first-order valence-electron chi connectivity index (χ1n) is 20.8. The second kappa shape index (κ2) is 22.5. The van der Waals surface area contributed by atoms with E-state index < -0.39 is 0 Å². The van der Waals surface area contributed by atoms with Gasteiger partial charge in [0.05, 0.1) is 26.4 Å². The molecular weight excluding hydrogens is 697 g/mol. The third-order valence-corrected chi connectivity index (χ3v) is 9.86. The summed E-state index contributed by atoms with van der Waals surface area (Å²) in [5, 5.41) is 8.53. The van der Waals surface area contributed by atoms with Gasteiger partial charge in [0.25, 0.3) is 0 Å². The lowest BCUT2D eigenvalue weighted by Gasteiger charge is -2.27. The first-order valence-corrected chi connectivity index (χ1v) is 20.8. The van der Waals surface area contributed by atoms with Crippen molar-refractivity contribution in [1.82, 2.24) is 20.3 Å². The minimum absolute atomic E-state index is 0.586. The van der Waals surface area contributed by atoms with Crippen molar-refractivity contribution in [2.24, 2.45) is 0 Å². The highest BCUT2D eigenvalue weighted by Gasteiger charge is 2.16. The second-order valence-corrected chi connectivity index (χ2v) is 16.2. The number of benzene rings is 4. The minimum atomic E-state index is 0.586. The zero-order chi connectivity index (χ0) is 39.9. The standard InChI is InChI=1S/C48H68N4O4/c1-37-21-38(2)26-45(25-37)33-49-13-9-14-50(34-46-27-39(3)22-40(4)28-46)55-19-12-20-56-52(36-48-31-43(7)24-44(8)32-48)16-10-15-51(54-18-11-17-53-49)35-47-29-41(5)23-42(6)30-47/h21-32H,9-20,33-36H2,1-8H3. The summed E-state index contributed by atoms with van der Waals surface area (Å²) in [5.41, 5.74) is 15.3. The molecule has 0 aromatic heterocycles. The molecule has 1 aliphatic heterocycles. The molecule has 1 saturated heterocycles. The molecule has 0 bridgehead atoms. The van der Waals surface area contributed by atoms with Crippen molar-refractivity contribution in [3.05, 3.63) is 140 Å². The Kier molecular flexibility index (Phi) is 17.5. The van der Waals surface area contributed by atoms with Crippen LogP contribution in [0.25, 0.3) is 0 Å². The maximum atomic E-state index is 6.52. The van der Waals surface area contributed by atoms with E-state index in [-0.39, 0.29) is 0 Å². The highest BCUT2D eigenvalue weighted by Crippen LogP contribution is 2.18. The van der Waals surface area contributed by atoms with Crippen LogP contribution in [0.3, 0.4) is 0 Å². The molecule has 0 amide bonds. The zero-order valence-corrected chi connectivity index (χ0v) is 35.7. The third kappa shape index (κ3) is 15.8. The van der Waals surface area contributed by atoms with Crippen molar-refractivity contribution in [1.29, 1.82) is 0 Å². The molecule has 1 aliphatic rings. The highest BCUT2D eigenvalue weighted by atomic mass is 16.7. The second-order valence-electron chi connectivity index (χ2n) is 16.2. The molecule has 8 heteroatoms. The molecule has 304 valence electrons. The van der Waals surface area contributed by atoms with E-state index >= 15 is 0 Å². The van der Waals surface area contributed by atoms with E-state index in [1.54, 1.807) is 0 Å². The van der Waals surface area contributed by atoms with E-state index in [0.717, 1.165) is 78.0 Å². The van der Waals surface area contributed by atoms with Gasteiger partial charge in [-0.25, -0.2) is 0 Å². The number of nitrogens with zero attached hydrogens (tertiary/aromatic N) is 4. The van der Waals surface area contributed by atoms with Gasteiger partial charge >= 0.3 is 0 Å². The average Bonchev–Trinajstić information content (AvgIpc) is 3.08. The molecule has 8 nitrogen and oxygen atoms in total. The fraction of sp³-hybridized carbons (Fsp3) is 0.500. The quantitative estimate of drug-likeness (QED) is 0.176. The molecule has 5 rings (SSSR count). The van der Waals surface area contributed by atoms with Crippen LogP contribution >= 0.6 is 0 Å². The van der Waals surface area contributed by atoms with E-state index in [9.17, 15) is 0 Å². The van der Waals surface area contributed by atoms with Crippen LogP contribution in [0.5, 0.6) is 0 Å². The van der Waals surface area contributed by atoms with Crippen molar-refractivity contribution in [3.63, 3.8) is 0 Å². The van der Waals surface area contributed by atoms with Crippen LogP contribution in [0, 0.1) is 55.4 Å². The molecule has 0 spiro atoms. The summed E-state index contributed by atoms with van der Waals surface area (Å²) in [6.45, 7) is 25.7. The molecule has 56 heavy (non-hydrogen) atoms. The molecule has 0 aliphatic carbocycles. The molecule has 4 aromatic rings. The largest absolute Gasteiger partial charge is 0.299 e. The van der Waals surface area contributed by atoms with Crippen molar-refractivity contribution in [2.75, 3.05) is 52.6 Å². The van der Waals surface area contributed by atoms with Crippen LogP contribution in [0.1, 0.15) is 92.4 Å². The smallest absolute Gasteiger partial charge is 0.0707 e. The fourth-order valence-electron chi connectivity index (χ4n) is 7.95. The molecule has 0 saturated carbocycles. The maximum Gasteiger partial charge on any atom is 0.0707 e. The predicted molar refractivity (Wildman–Crippen MR) is 228 cm³/mol. The van der Waals surface area contributed by atoms with E-state index in [4.69, 9.17) is 19.4 Å². The Balaban J connectivity index is 1.31. The lowest BCUT2D eigenvalue weighted by molar-refractivity contribution is -0.209. The molecular formula is C48H68N4O4. The summed E-state index contributed by atoms with van der Waals surface area (Å²) in [7, 11) is 0. The number of hydrogen-bond donors (Lipinski definition) is 0. The molecule has 0 radical (unpaired) electrons. The molecule has 0 N–H and O–H groups in total. The Morgan fingerprint density at radius 1 is 0.304 bits per heavy atom. The Hall–Kier alpha value is -3.44.